The molecule has 0 radical (unpaired) electrons. The summed E-state index contributed by atoms with van der Waals surface area (Å²) in [4.78, 5) is 14.7. The molecule has 1 N–H and O–H groups in total. The van der Waals surface area contributed by atoms with E-state index in [1.165, 1.54) is 19.3 Å². The molecule has 0 aromatic heterocycles. The lowest BCUT2D eigenvalue weighted by molar-refractivity contribution is -0.117. The lowest BCUT2D eigenvalue weighted by atomic mass is 10.1. The van der Waals surface area contributed by atoms with E-state index in [2.05, 4.69) is 10.2 Å². The van der Waals surface area contributed by atoms with E-state index < -0.39 is 0 Å². The van der Waals surface area contributed by atoms with Crippen molar-refractivity contribution in [3.05, 3.63) is 46.3 Å². The van der Waals surface area contributed by atoms with Crippen LogP contribution in [0.15, 0.2) is 35.7 Å². The number of ketones is 1. The van der Waals surface area contributed by atoms with Crippen LogP contribution >= 0.6 is 11.6 Å². The van der Waals surface area contributed by atoms with Crippen LogP contribution in [0.25, 0.3) is 0 Å². The molecule has 0 amide bonds. The number of nitrogens with zero attached hydrogens (tertiary/aromatic N) is 1. The van der Waals surface area contributed by atoms with E-state index in [1.807, 2.05) is 31.2 Å². The van der Waals surface area contributed by atoms with Crippen LogP contribution in [0.2, 0.25) is 5.02 Å². The molecule has 0 aliphatic carbocycles. The first-order valence-electron chi connectivity index (χ1n) is 7.78. The van der Waals surface area contributed by atoms with Gasteiger partial charge in [0.2, 0.25) is 0 Å². The van der Waals surface area contributed by atoms with Crippen LogP contribution in [-0.2, 0) is 9.53 Å². The fourth-order valence-corrected chi connectivity index (χ4v) is 3.09. The number of hydrogen-bond acceptors (Lipinski definition) is 4. The monoisotopic (exact) mass is 320 g/mol. The van der Waals surface area contributed by atoms with Gasteiger partial charge in [0, 0.05) is 10.6 Å². The molecular weight excluding hydrogens is 300 g/mol. The van der Waals surface area contributed by atoms with E-state index in [4.69, 9.17) is 16.3 Å². The molecule has 1 atom stereocenters. The highest BCUT2D eigenvalue weighted by atomic mass is 35.5. The number of rotatable bonds is 4. The van der Waals surface area contributed by atoms with Crippen LogP contribution in [0.4, 0.5) is 0 Å². The number of carbonyl (C=O) groups excluding carboxylic acids is 1. The van der Waals surface area contributed by atoms with E-state index in [-0.39, 0.29) is 12.0 Å². The number of halogens is 1. The van der Waals surface area contributed by atoms with E-state index in [0.717, 1.165) is 18.7 Å². The van der Waals surface area contributed by atoms with Crippen molar-refractivity contribution in [1.29, 1.82) is 0 Å². The lowest BCUT2D eigenvalue weighted by Gasteiger charge is -2.25. The molecule has 0 saturated carbocycles. The number of Topliss-reactive ketones (excluding diaryl/α,β-unsaturated/α-hetero) is 1. The molecule has 2 aliphatic rings. The number of likely N-dealkylation sites (tertiary alicyclic amines) is 1. The average Bonchev–Trinajstić information content (AvgIpc) is 2.91. The zero-order chi connectivity index (χ0) is 15.5. The number of allylic oxidation sites excluding steroid dienone is 1. The molecule has 2 aliphatic heterocycles. The lowest BCUT2D eigenvalue weighted by Crippen LogP contribution is -2.36. The predicted molar refractivity (Wildman–Crippen MR) is 86.4 cm³/mol. The van der Waals surface area contributed by atoms with Gasteiger partial charge in [-0.2, -0.15) is 0 Å². The Hall–Kier alpha value is -1.52. The Morgan fingerprint density at radius 2 is 1.95 bits per heavy atom. The largest absolute Gasteiger partial charge is 0.469 e. The van der Waals surface area contributed by atoms with E-state index >= 15 is 0 Å². The van der Waals surface area contributed by atoms with Crippen molar-refractivity contribution in [2.24, 2.45) is 0 Å². The standard InChI is InChI=1S/C17H21ClN2O2/c1-12-16(15(21)11-20-9-3-2-4-10-20)19-17(22-12)13-5-7-14(18)8-6-13/h5-8,17,19H,2-4,9-11H2,1H3. The maximum Gasteiger partial charge on any atom is 0.196 e. The van der Waals surface area contributed by atoms with Gasteiger partial charge in [0.1, 0.15) is 11.5 Å². The highest BCUT2D eigenvalue weighted by Crippen LogP contribution is 2.28. The highest BCUT2D eigenvalue weighted by molar-refractivity contribution is 6.30. The molecule has 2 heterocycles. The van der Waals surface area contributed by atoms with Crippen LogP contribution in [0.1, 0.15) is 38.0 Å². The van der Waals surface area contributed by atoms with Crippen molar-refractivity contribution >= 4 is 17.4 Å². The molecule has 22 heavy (non-hydrogen) atoms. The third-order valence-electron chi connectivity index (χ3n) is 4.19. The molecule has 4 nitrogen and oxygen atoms in total. The zero-order valence-electron chi connectivity index (χ0n) is 12.8. The maximum absolute atomic E-state index is 12.5. The van der Waals surface area contributed by atoms with Gasteiger partial charge in [0.25, 0.3) is 0 Å². The molecule has 118 valence electrons. The SMILES string of the molecule is CC1=C(C(=O)CN2CCCCC2)NC(c2ccc(Cl)cc2)O1. The van der Waals surface area contributed by atoms with Gasteiger partial charge in [-0.15, -0.1) is 0 Å². The van der Waals surface area contributed by atoms with Crippen molar-refractivity contribution in [3.8, 4) is 0 Å². The Morgan fingerprint density at radius 1 is 1.27 bits per heavy atom. The van der Waals surface area contributed by atoms with Crippen molar-refractivity contribution in [3.63, 3.8) is 0 Å². The van der Waals surface area contributed by atoms with Gasteiger partial charge in [0.05, 0.1) is 6.54 Å². The molecule has 0 spiro atoms. The van der Waals surface area contributed by atoms with Crippen LogP contribution in [-0.4, -0.2) is 30.3 Å². The minimum absolute atomic E-state index is 0.107. The van der Waals surface area contributed by atoms with Crippen molar-refractivity contribution in [2.75, 3.05) is 19.6 Å². The van der Waals surface area contributed by atoms with Gasteiger partial charge in [-0.1, -0.05) is 30.2 Å². The number of hydrogen-bond donors (Lipinski definition) is 1. The first-order chi connectivity index (χ1) is 10.6. The van der Waals surface area contributed by atoms with Crippen LogP contribution in [0.5, 0.6) is 0 Å². The van der Waals surface area contributed by atoms with Gasteiger partial charge < -0.3 is 10.1 Å². The normalized spacial score (nSPS) is 22.4. The summed E-state index contributed by atoms with van der Waals surface area (Å²) in [5.41, 5.74) is 1.56. The van der Waals surface area contributed by atoms with Gasteiger partial charge in [-0.3, -0.25) is 9.69 Å². The summed E-state index contributed by atoms with van der Waals surface area (Å²) in [5.74, 6) is 0.776. The van der Waals surface area contributed by atoms with E-state index in [0.29, 0.717) is 23.0 Å². The van der Waals surface area contributed by atoms with E-state index in [1.54, 1.807) is 0 Å². The van der Waals surface area contributed by atoms with Crippen LogP contribution < -0.4 is 5.32 Å². The van der Waals surface area contributed by atoms with E-state index in [9.17, 15) is 4.79 Å². The number of carbonyl (C=O) groups is 1. The first kappa shape index (κ1) is 15.4. The number of ether oxygens (including phenoxy) is 1. The predicted octanol–water partition coefficient (Wildman–Crippen LogP) is 3.24. The second kappa shape index (κ2) is 6.71. The third kappa shape index (κ3) is 3.45. The molecule has 1 aromatic carbocycles. The molecule has 1 fully saturated rings. The Labute approximate surface area is 136 Å². The van der Waals surface area contributed by atoms with Crippen LogP contribution in [0.3, 0.4) is 0 Å². The van der Waals surface area contributed by atoms with Crippen LogP contribution in [0, 0.1) is 0 Å². The minimum atomic E-state index is -0.308. The summed E-state index contributed by atoms with van der Waals surface area (Å²) < 4.78 is 5.80. The Morgan fingerprint density at radius 3 is 2.64 bits per heavy atom. The van der Waals surface area contributed by atoms with Crippen molar-refractivity contribution in [2.45, 2.75) is 32.4 Å². The third-order valence-corrected chi connectivity index (χ3v) is 4.44. The quantitative estimate of drug-likeness (QED) is 0.924. The number of benzene rings is 1. The Balaban J connectivity index is 1.63. The summed E-state index contributed by atoms with van der Waals surface area (Å²) in [6, 6.07) is 7.46. The van der Waals surface area contributed by atoms with Crippen molar-refractivity contribution in [1.82, 2.24) is 10.2 Å². The maximum atomic E-state index is 12.5. The van der Waals surface area contributed by atoms with Gasteiger partial charge >= 0.3 is 0 Å². The summed E-state index contributed by atoms with van der Waals surface area (Å²) in [7, 11) is 0. The fourth-order valence-electron chi connectivity index (χ4n) is 2.96. The molecule has 1 aromatic rings. The summed E-state index contributed by atoms with van der Waals surface area (Å²) in [6.45, 7) is 4.34. The topological polar surface area (TPSA) is 41.6 Å². The second-order valence-electron chi connectivity index (χ2n) is 5.88. The molecule has 3 rings (SSSR count). The number of piperidine rings is 1. The van der Waals surface area contributed by atoms with Gasteiger partial charge in [-0.05, 0) is 45.0 Å². The summed E-state index contributed by atoms with van der Waals surface area (Å²) in [5, 5.41) is 3.89. The molecular formula is C17H21ClN2O2. The van der Waals surface area contributed by atoms with Crippen molar-refractivity contribution < 1.29 is 9.53 Å². The Bertz CT molecular complexity index is 577. The Kier molecular flexibility index (Phi) is 4.69. The van der Waals surface area contributed by atoms with Gasteiger partial charge in [0.15, 0.2) is 12.0 Å². The molecule has 1 saturated heterocycles. The molecule has 0 bridgehead atoms. The average molecular weight is 321 g/mol. The zero-order valence-corrected chi connectivity index (χ0v) is 13.5. The van der Waals surface area contributed by atoms with Gasteiger partial charge in [-0.25, -0.2) is 0 Å². The number of nitrogens with one attached hydrogen (secondary N) is 1. The minimum Gasteiger partial charge on any atom is -0.469 e. The smallest absolute Gasteiger partial charge is 0.196 e. The summed E-state index contributed by atoms with van der Waals surface area (Å²) >= 11 is 5.90. The second-order valence-corrected chi connectivity index (χ2v) is 6.32. The summed E-state index contributed by atoms with van der Waals surface area (Å²) in [6.07, 6.45) is 3.33. The molecule has 5 heteroatoms. The molecule has 1 unspecified atom stereocenters. The highest BCUT2D eigenvalue weighted by Gasteiger charge is 2.28. The fraction of sp³-hybridized carbons (Fsp3) is 0.471. The first-order valence-corrected chi connectivity index (χ1v) is 8.16.